The van der Waals surface area contributed by atoms with Gasteiger partial charge < -0.3 is 19.3 Å². The van der Waals surface area contributed by atoms with E-state index in [1.54, 1.807) is 0 Å². The van der Waals surface area contributed by atoms with E-state index in [2.05, 4.69) is 15.5 Å². The van der Waals surface area contributed by atoms with Crippen molar-refractivity contribution in [1.29, 1.82) is 0 Å². The largest absolute Gasteiger partial charge is 0.485 e. The minimum atomic E-state index is -0.418. The molecule has 0 aliphatic rings. The van der Waals surface area contributed by atoms with Crippen LogP contribution in [0.3, 0.4) is 0 Å². The first kappa shape index (κ1) is 21.4. The molecule has 1 heterocycles. The van der Waals surface area contributed by atoms with E-state index >= 15 is 0 Å². The van der Waals surface area contributed by atoms with Gasteiger partial charge in [-0.1, -0.05) is 49.3 Å². The highest BCUT2D eigenvalue weighted by molar-refractivity contribution is 5.67. The van der Waals surface area contributed by atoms with E-state index in [9.17, 15) is 4.79 Å². The molecule has 0 unspecified atom stereocenters. The molecule has 0 aliphatic heterocycles. The maximum atomic E-state index is 11.8. The second-order valence-electron chi connectivity index (χ2n) is 7.55. The molecule has 2 aromatic carbocycles. The lowest BCUT2D eigenvalue weighted by Crippen LogP contribution is -2.28. The normalized spacial score (nSPS) is 11.9. The van der Waals surface area contributed by atoms with Crippen molar-refractivity contribution in [3.8, 4) is 17.2 Å². The average molecular weight is 409 g/mol. The molecule has 7 heteroatoms. The molecule has 1 N–H and O–H groups in total. The standard InChI is InChI=1S/C23H27N3O4/c1-15(2)13-29-23(27)24-17(4)18-9-11-19(12-10-18)28-14-21-25-22(30-26-21)20-8-6-5-7-16(20)3/h5-12,15,17H,13-14H2,1-4H3,(H,24,27)/t17-/m0/s1. The van der Waals surface area contributed by atoms with Crippen LogP contribution in [0.15, 0.2) is 53.1 Å². The summed E-state index contributed by atoms with van der Waals surface area (Å²) in [5.74, 6) is 1.93. The summed E-state index contributed by atoms with van der Waals surface area (Å²) in [6.45, 7) is 8.48. The Kier molecular flexibility index (Phi) is 7.06. The molecule has 0 spiro atoms. The molecule has 1 atom stereocenters. The third kappa shape index (κ3) is 5.83. The van der Waals surface area contributed by atoms with Gasteiger partial charge >= 0.3 is 6.09 Å². The van der Waals surface area contributed by atoms with Crippen LogP contribution in [0, 0.1) is 12.8 Å². The van der Waals surface area contributed by atoms with Gasteiger partial charge in [-0.3, -0.25) is 0 Å². The number of alkyl carbamates (subject to hydrolysis) is 1. The van der Waals surface area contributed by atoms with Gasteiger partial charge in [0.2, 0.25) is 5.82 Å². The van der Waals surface area contributed by atoms with Crippen molar-refractivity contribution in [1.82, 2.24) is 15.5 Å². The molecule has 0 saturated carbocycles. The highest BCUT2D eigenvalue weighted by Gasteiger charge is 2.13. The van der Waals surface area contributed by atoms with Crippen LogP contribution in [0.25, 0.3) is 11.5 Å². The maximum Gasteiger partial charge on any atom is 0.407 e. The number of rotatable bonds is 8. The summed E-state index contributed by atoms with van der Waals surface area (Å²) >= 11 is 0. The summed E-state index contributed by atoms with van der Waals surface area (Å²) in [6.07, 6.45) is -0.418. The lowest BCUT2D eigenvalue weighted by atomic mass is 10.1. The topological polar surface area (TPSA) is 86.5 Å². The van der Waals surface area contributed by atoms with Crippen LogP contribution in [-0.2, 0) is 11.3 Å². The average Bonchev–Trinajstić information content (AvgIpc) is 3.20. The van der Waals surface area contributed by atoms with Crippen molar-refractivity contribution < 1.29 is 18.8 Å². The minimum absolute atomic E-state index is 0.174. The summed E-state index contributed by atoms with van der Waals surface area (Å²) < 4.78 is 16.3. The molecular formula is C23H27N3O4. The zero-order valence-corrected chi connectivity index (χ0v) is 17.7. The van der Waals surface area contributed by atoms with Crippen molar-refractivity contribution in [2.24, 2.45) is 5.92 Å². The number of amides is 1. The summed E-state index contributed by atoms with van der Waals surface area (Å²) in [6, 6.07) is 15.2. The van der Waals surface area contributed by atoms with E-state index < -0.39 is 6.09 Å². The first-order valence-corrected chi connectivity index (χ1v) is 9.97. The Morgan fingerprint density at radius 3 is 2.53 bits per heavy atom. The van der Waals surface area contributed by atoms with Gasteiger partial charge in [0.1, 0.15) is 5.75 Å². The number of nitrogens with zero attached hydrogens (tertiary/aromatic N) is 2. The van der Waals surface area contributed by atoms with Crippen molar-refractivity contribution in [3.63, 3.8) is 0 Å². The number of carbonyl (C=O) groups is 1. The number of nitrogens with one attached hydrogen (secondary N) is 1. The second-order valence-corrected chi connectivity index (χ2v) is 7.55. The van der Waals surface area contributed by atoms with Gasteiger partial charge in [0, 0.05) is 5.56 Å². The fourth-order valence-electron chi connectivity index (χ4n) is 2.78. The van der Waals surface area contributed by atoms with Crippen molar-refractivity contribution >= 4 is 6.09 Å². The molecule has 0 fully saturated rings. The second kappa shape index (κ2) is 9.91. The molecule has 7 nitrogen and oxygen atoms in total. The zero-order valence-electron chi connectivity index (χ0n) is 17.7. The predicted octanol–water partition coefficient (Wildman–Crippen LogP) is 5.07. The highest BCUT2D eigenvalue weighted by atomic mass is 16.5. The molecule has 3 aromatic rings. The Balaban J connectivity index is 1.53. The van der Waals surface area contributed by atoms with E-state index in [4.69, 9.17) is 14.0 Å². The summed E-state index contributed by atoms with van der Waals surface area (Å²) in [5.41, 5.74) is 2.93. The summed E-state index contributed by atoms with van der Waals surface area (Å²) in [7, 11) is 0. The lowest BCUT2D eigenvalue weighted by Gasteiger charge is -2.15. The Bertz CT molecular complexity index is 967. The Morgan fingerprint density at radius 2 is 1.83 bits per heavy atom. The third-order valence-electron chi connectivity index (χ3n) is 4.47. The molecule has 1 aromatic heterocycles. The first-order chi connectivity index (χ1) is 14.4. The minimum Gasteiger partial charge on any atom is -0.485 e. The fourth-order valence-corrected chi connectivity index (χ4v) is 2.78. The number of ether oxygens (including phenoxy) is 2. The van der Waals surface area contributed by atoms with Crippen molar-refractivity contribution in [3.05, 3.63) is 65.5 Å². The Hall–Kier alpha value is -3.35. The number of hydrogen-bond donors (Lipinski definition) is 1. The molecule has 0 aliphatic carbocycles. The molecular weight excluding hydrogens is 382 g/mol. The van der Waals surface area contributed by atoms with Crippen LogP contribution in [0.1, 0.15) is 43.8 Å². The number of aryl methyl sites for hydroxylation is 1. The van der Waals surface area contributed by atoms with Gasteiger partial charge in [0.15, 0.2) is 6.61 Å². The van der Waals surface area contributed by atoms with Crippen molar-refractivity contribution in [2.75, 3.05) is 6.61 Å². The molecule has 30 heavy (non-hydrogen) atoms. The van der Waals surface area contributed by atoms with Crippen LogP contribution in [-0.4, -0.2) is 22.8 Å². The Morgan fingerprint density at radius 1 is 1.10 bits per heavy atom. The maximum absolute atomic E-state index is 11.8. The van der Waals surface area contributed by atoms with Gasteiger partial charge in [-0.25, -0.2) is 4.79 Å². The fraction of sp³-hybridized carbons (Fsp3) is 0.348. The molecule has 0 saturated heterocycles. The van der Waals surface area contributed by atoms with E-state index in [0.29, 0.717) is 30.0 Å². The number of carbonyl (C=O) groups excluding carboxylic acids is 1. The monoisotopic (exact) mass is 409 g/mol. The third-order valence-corrected chi connectivity index (χ3v) is 4.47. The number of hydrogen-bond acceptors (Lipinski definition) is 6. The first-order valence-electron chi connectivity index (χ1n) is 9.97. The number of benzene rings is 2. The molecule has 158 valence electrons. The highest BCUT2D eigenvalue weighted by Crippen LogP contribution is 2.22. The van der Waals surface area contributed by atoms with E-state index in [0.717, 1.165) is 16.7 Å². The van der Waals surface area contributed by atoms with Crippen LogP contribution in [0.2, 0.25) is 0 Å². The molecule has 1 amide bonds. The van der Waals surface area contributed by atoms with Gasteiger partial charge in [-0.15, -0.1) is 0 Å². The van der Waals surface area contributed by atoms with Gasteiger partial charge in [0.05, 0.1) is 12.6 Å². The molecule has 0 bridgehead atoms. The van der Waals surface area contributed by atoms with E-state index in [1.165, 1.54) is 0 Å². The summed E-state index contributed by atoms with van der Waals surface area (Å²) in [5, 5.41) is 6.80. The van der Waals surface area contributed by atoms with Crippen LogP contribution in [0.4, 0.5) is 4.79 Å². The van der Waals surface area contributed by atoms with Gasteiger partial charge in [-0.2, -0.15) is 4.98 Å². The molecule has 3 rings (SSSR count). The predicted molar refractivity (Wildman–Crippen MR) is 113 cm³/mol. The zero-order chi connectivity index (χ0) is 21.5. The number of aromatic nitrogens is 2. The van der Waals surface area contributed by atoms with Gasteiger partial charge in [-0.05, 0) is 49.1 Å². The van der Waals surface area contributed by atoms with Gasteiger partial charge in [0.25, 0.3) is 5.89 Å². The quantitative estimate of drug-likeness (QED) is 0.559. The van der Waals surface area contributed by atoms with Crippen LogP contribution in [0.5, 0.6) is 5.75 Å². The van der Waals surface area contributed by atoms with Crippen LogP contribution < -0.4 is 10.1 Å². The summed E-state index contributed by atoms with van der Waals surface area (Å²) in [4.78, 5) is 16.2. The SMILES string of the molecule is Cc1ccccc1-c1nc(COc2ccc([C@H](C)NC(=O)OCC(C)C)cc2)no1. The van der Waals surface area contributed by atoms with Crippen LogP contribution >= 0.6 is 0 Å². The lowest BCUT2D eigenvalue weighted by molar-refractivity contribution is 0.130. The molecule has 0 radical (unpaired) electrons. The van der Waals surface area contributed by atoms with E-state index in [-0.39, 0.29) is 12.6 Å². The van der Waals surface area contributed by atoms with Crippen molar-refractivity contribution in [2.45, 2.75) is 40.3 Å². The Labute approximate surface area is 176 Å². The van der Waals surface area contributed by atoms with E-state index in [1.807, 2.05) is 76.2 Å². The smallest absolute Gasteiger partial charge is 0.407 e.